The minimum absolute atomic E-state index is 0.00721. The van der Waals surface area contributed by atoms with Gasteiger partial charge in [-0.3, -0.25) is 14.8 Å². The molecular weight excluding hydrogens is 254 g/mol. The molecule has 1 aromatic heterocycles. The highest BCUT2D eigenvalue weighted by atomic mass is 16.5. The summed E-state index contributed by atoms with van der Waals surface area (Å²) in [5.41, 5.74) is 1.33. The molecule has 0 bridgehead atoms. The van der Waals surface area contributed by atoms with Crippen LogP contribution in [-0.2, 0) is 11.3 Å². The first-order chi connectivity index (χ1) is 9.80. The Labute approximate surface area is 120 Å². The van der Waals surface area contributed by atoms with Crippen molar-refractivity contribution in [3.05, 3.63) is 30.1 Å². The van der Waals surface area contributed by atoms with Gasteiger partial charge in [0.15, 0.2) is 0 Å². The maximum atomic E-state index is 9.49. The highest BCUT2D eigenvalue weighted by molar-refractivity contribution is 5.09. The van der Waals surface area contributed by atoms with Crippen LogP contribution >= 0.6 is 0 Å². The van der Waals surface area contributed by atoms with Gasteiger partial charge in [-0.15, -0.1) is 0 Å². The first-order valence-corrected chi connectivity index (χ1v) is 7.32. The first kappa shape index (κ1) is 13.9. The van der Waals surface area contributed by atoms with E-state index in [1.54, 1.807) is 0 Å². The van der Waals surface area contributed by atoms with Crippen LogP contribution in [0.2, 0.25) is 0 Å². The Kier molecular flexibility index (Phi) is 4.31. The summed E-state index contributed by atoms with van der Waals surface area (Å²) in [7, 11) is 0. The van der Waals surface area contributed by atoms with E-state index < -0.39 is 0 Å². The van der Waals surface area contributed by atoms with Gasteiger partial charge in [0.2, 0.25) is 0 Å². The summed E-state index contributed by atoms with van der Waals surface area (Å²) < 4.78 is 5.27. The number of hydrogen-bond acceptors (Lipinski definition) is 5. The number of nitrogens with zero attached hydrogens (tertiary/aromatic N) is 3. The van der Waals surface area contributed by atoms with Gasteiger partial charge in [0.05, 0.1) is 25.2 Å². The van der Waals surface area contributed by atoms with Crippen molar-refractivity contribution in [2.24, 2.45) is 5.41 Å². The average Bonchev–Trinajstić information content (AvgIpc) is 2.46. The van der Waals surface area contributed by atoms with Crippen molar-refractivity contribution in [3.63, 3.8) is 0 Å². The molecule has 0 unspecified atom stereocenters. The number of hydrogen-bond donors (Lipinski definition) is 1. The molecule has 2 aliphatic rings. The molecule has 5 nitrogen and oxygen atoms in total. The monoisotopic (exact) mass is 277 g/mol. The molecule has 2 saturated heterocycles. The molecule has 2 aliphatic heterocycles. The standard InChI is InChI=1S/C15H23N3O2/c19-11-15(12-20-13-15)10-18-7-5-17(6-8-18)9-14-1-3-16-4-2-14/h1-4,19H,5-13H2. The second-order valence-corrected chi connectivity index (χ2v) is 6.06. The van der Waals surface area contributed by atoms with Gasteiger partial charge in [-0.05, 0) is 17.7 Å². The van der Waals surface area contributed by atoms with E-state index in [9.17, 15) is 5.11 Å². The van der Waals surface area contributed by atoms with Crippen molar-refractivity contribution in [2.75, 3.05) is 52.5 Å². The van der Waals surface area contributed by atoms with Gasteiger partial charge in [0, 0.05) is 51.7 Å². The molecule has 1 aromatic rings. The van der Waals surface area contributed by atoms with Crippen LogP contribution in [0.5, 0.6) is 0 Å². The molecule has 0 amide bonds. The Hall–Kier alpha value is -1.01. The molecule has 5 heteroatoms. The maximum absolute atomic E-state index is 9.49. The number of piperazine rings is 1. The number of rotatable bonds is 5. The molecule has 0 radical (unpaired) electrons. The Balaban J connectivity index is 1.45. The highest BCUT2D eigenvalue weighted by Crippen LogP contribution is 2.28. The largest absolute Gasteiger partial charge is 0.396 e. The molecule has 0 aromatic carbocycles. The second kappa shape index (κ2) is 6.18. The van der Waals surface area contributed by atoms with E-state index in [1.165, 1.54) is 5.56 Å². The van der Waals surface area contributed by atoms with E-state index in [4.69, 9.17) is 4.74 Å². The van der Waals surface area contributed by atoms with Gasteiger partial charge >= 0.3 is 0 Å². The quantitative estimate of drug-likeness (QED) is 0.834. The smallest absolute Gasteiger partial charge is 0.0579 e. The van der Waals surface area contributed by atoms with Gasteiger partial charge in [0.25, 0.3) is 0 Å². The van der Waals surface area contributed by atoms with E-state index in [2.05, 4.69) is 26.9 Å². The summed E-state index contributed by atoms with van der Waals surface area (Å²) in [4.78, 5) is 8.99. The zero-order chi connectivity index (χ0) is 13.8. The summed E-state index contributed by atoms with van der Waals surface area (Å²) in [5, 5.41) is 9.49. The normalized spacial score (nSPS) is 23.4. The topological polar surface area (TPSA) is 48.8 Å². The van der Waals surface area contributed by atoms with Gasteiger partial charge in [0.1, 0.15) is 0 Å². The average molecular weight is 277 g/mol. The molecule has 0 spiro atoms. The van der Waals surface area contributed by atoms with Gasteiger partial charge < -0.3 is 9.84 Å². The second-order valence-electron chi connectivity index (χ2n) is 6.06. The third-order valence-electron chi connectivity index (χ3n) is 4.33. The lowest BCUT2D eigenvalue weighted by Gasteiger charge is -2.45. The molecule has 0 aliphatic carbocycles. The third-order valence-corrected chi connectivity index (χ3v) is 4.33. The molecule has 0 saturated carbocycles. The van der Waals surface area contributed by atoms with Crippen molar-refractivity contribution < 1.29 is 9.84 Å². The Morgan fingerprint density at radius 2 is 1.75 bits per heavy atom. The molecule has 0 atom stereocenters. The molecule has 3 rings (SSSR count). The Morgan fingerprint density at radius 1 is 1.10 bits per heavy atom. The van der Waals surface area contributed by atoms with Crippen LogP contribution in [0.25, 0.3) is 0 Å². The number of ether oxygens (including phenoxy) is 1. The molecule has 3 heterocycles. The summed E-state index contributed by atoms with van der Waals surface area (Å²) >= 11 is 0. The zero-order valence-corrected chi connectivity index (χ0v) is 11.9. The number of pyridine rings is 1. The summed E-state index contributed by atoms with van der Waals surface area (Å²) in [6.07, 6.45) is 3.71. The molecule has 2 fully saturated rings. The van der Waals surface area contributed by atoms with E-state index in [0.717, 1.165) is 39.3 Å². The Bertz CT molecular complexity index is 409. The fourth-order valence-electron chi connectivity index (χ4n) is 2.95. The SMILES string of the molecule is OCC1(CN2CCN(Cc3ccncc3)CC2)COC1. The number of aliphatic hydroxyl groups is 1. The predicted molar refractivity (Wildman–Crippen MR) is 76.3 cm³/mol. The van der Waals surface area contributed by atoms with Crippen LogP contribution in [0.3, 0.4) is 0 Å². The fraction of sp³-hybridized carbons (Fsp3) is 0.667. The van der Waals surface area contributed by atoms with Crippen LogP contribution in [0.1, 0.15) is 5.56 Å². The zero-order valence-electron chi connectivity index (χ0n) is 11.9. The van der Waals surface area contributed by atoms with Crippen LogP contribution in [0.4, 0.5) is 0 Å². The van der Waals surface area contributed by atoms with E-state index >= 15 is 0 Å². The maximum Gasteiger partial charge on any atom is 0.0579 e. The third kappa shape index (κ3) is 3.17. The molecule has 20 heavy (non-hydrogen) atoms. The van der Waals surface area contributed by atoms with Crippen molar-refractivity contribution in [1.82, 2.24) is 14.8 Å². The minimum Gasteiger partial charge on any atom is -0.396 e. The first-order valence-electron chi connectivity index (χ1n) is 7.32. The summed E-state index contributed by atoms with van der Waals surface area (Å²) in [6.45, 7) is 7.96. The lowest BCUT2D eigenvalue weighted by atomic mass is 9.86. The molecule has 110 valence electrons. The van der Waals surface area contributed by atoms with Crippen LogP contribution in [-0.4, -0.2) is 72.4 Å². The van der Waals surface area contributed by atoms with Crippen LogP contribution in [0, 0.1) is 5.41 Å². The van der Waals surface area contributed by atoms with Crippen molar-refractivity contribution >= 4 is 0 Å². The molecule has 1 N–H and O–H groups in total. The van der Waals surface area contributed by atoms with E-state index in [-0.39, 0.29) is 12.0 Å². The summed E-state index contributed by atoms with van der Waals surface area (Å²) in [5.74, 6) is 0. The van der Waals surface area contributed by atoms with Crippen molar-refractivity contribution in [3.8, 4) is 0 Å². The lowest BCUT2D eigenvalue weighted by Crippen LogP contribution is -2.56. The van der Waals surface area contributed by atoms with Gasteiger partial charge in [-0.25, -0.2) is 0 Å². The van der Waals surface area contributed by atoms with Crippen LogP contribution < -0.4 is 0 Å². The van der Waals surface area contributed by atoms with Gasteiger partial charge in [-0.2, -0.15) is 0 Å². The van der Waals surface area contributed by atoms with Crippen LogP contribution in [0.15, 0.2) is 24.5 Å². The van der Waals surface area contributed by atoms with E-state index in [0.29, 0.717) is 13.2 Å². The number of aliphatic hydroxyl groups excluding tert-OH is 1. The van der Waals surface area contributed by atoms with E-state index in [1.807, 2.05) is 12.4 Å². The predicted octanol–water partition coefficient (Wildman–Crippen LogP) is 0.208. The number of aromatic nitrogens is 1. The van der Waals surface area contributed by atoms with Crippen molar-refractivity contribution in [1.29, 1.82) is 0 Å². The lowest BCUT2D eigenvalue weighted by molar-refractivity contribution is -0.150. The Morgan fingerprint density at radius 3 is 2.30 bits per heavy atom. The van der Waals surface area contributed by atoms with Crippen molar-refractivity contribution in [2.45, 2.75) is 6.54 Å². The summed E-state index contributed by atoms with van der Waals surface area (Å²) in [6, 6.07) is 4.16. The highest BCUT2D eigenvalue weighted by Gasteiger charge is 2.40. The fourth-order valence-corrected chi connectivity index (χ4v) is 2.95. The van der Waals surface area contributed by atoms with Gasteiger partial charge in [-0.1, -0.05) is 0 Å². The minimum atomic E-state index is 0.00721. The molecular formula is C15H23N3O2.